The molecule has 0 spiro atoms. The van der Waals surface area contributed by atoms with Crippen molar-refractivity contribution in [3.63, 3.8) is 0 Å². The minimum absolute atomic E-state index is 0.205. The number of benzene rings is 1. The van der Waals surface area contributed by atoms with Crippen LogP contribution in [0.25, 0.3) is 0 Å². The number of para-hydroxylation sites is 1. The first-order valence-electron chi connectivity index (χ1n) is 4.22. The van der Waals surface area contributed by atoms with E-state index in [9.17, 15) is 0 Å². The smallest absolute Gasteiger partial charge is 0.0893 e. The number of nitrogens with zero attached hydrogens (tertiary/aromatic N) is 1. The van der Waals surface area contributed by atoms with E-state index in [1.807, 2.05) is 7.05 Å². The van der Waals surface area contributed by atoms with E-state index < -0.39 is 0 Å². The summed E-state index contributed by atoms with van der Waals surface area (Å²) in [6.45, 7) is 2.06. The van der Waals surface area contributed by atoms with Gasteiger partial charge in [-0.2, -0.15) is 0 Å². The largest absolute Gasteiger partial charge is 0.356 e. The lowest BCUT2D eigenvalue weighted by molar-refractivity contribution is 0.487. The SMILES string of the molecule is CN1c2ccccc2CC1(C)N. The Hall–Kier alpha value is -1.02. The Bertz CT molecular complexity index is 304. The van der Waals surface area contributed by atoms with Crippen LogP contribution < -0.4 is 10.6 Å². The highest BCUT2D eigenvalue weighted by Gasteiger charge is 2.33. The zero-order chi connectivity index (χ0) is 8.77. The van der Waals surface area contributed by atoms with Crippen LogP contribution in [0.5, 0.6) is 0 Å². The van der Waals surface area contributed by atoms with Gasteiger partial charge in [-0.05, 0) is 18.6 Å². The number of nitrogens with two attached hydrogens (primary N) is 1. The fraction of sp³-hybridized carbons (Fsp3) is 0.400. The molecule has 64 valence electrons. The summed E-state index contributed by atoms with van der Waals surface area (Å²) in [4.78, 5) is 2.14. The fourth-order valence-corrected chi connectivity index (χ4v) is 1.77. The number of likely N-dealkylation sites (N-methyl/N-ethyl adjacent to an activating group) is 1. The number of anilines is 1. The Morgan fingerprint density at radius 2 is 2.08 bits per heavy atom. The lowest BCUT2D eigenvalue weighted by Crippen LogP contribution is -2.49. The number of hydrogen-bond donors (Lipinski definition) is 1. The molecule has 2 heteroatoms. The summed E-state index contributed by atoms with van der Waals surface area (Å²) in [6.07, 6.45) is 0.944. The molecule has 0 radical (unpaired) electrons. The van der Waals surface area contributed by atoms with Crippen molar-refractivity contribution in [2.24, 2.45) is 5.73 Å². The summed E-state index contributed by atoms with van der Waals surface area (Å²) in [5, 5.41) is 0. The fourth-order valence-electron chi connectivity index (χ4n) is 1.77. The Morgan fingerprint density at radius 1 is 1.42 bits per heavy atom. The average molecular weight is 162 g/mol. The van der Waals surface area contributed by atoms with Crippen LogP contribution in [-0.4, -0.2) is 12.7 Å². The second kappa shape index (κ2) is 2.23. The summed E-state index contributed by atoms with van der Waals surface area (Å²) in [5.41, 5.74) is 8.51. The van der Waals surface area contributed by atoms with Crippen molar-refractivity contribution in [1.29, 1.82) is 0 Å². The lowest BCUT2D eigenvalue weighted by atomic mass is 10.1. The normalized spacial score (nSPS) is 27.4. The minimum Gasteiger partial charge on any atom is -0.356 e. The highest BCUT2D eigenvalue weighted by Crippen LogP contribution is 2.33. The molecule has 2 nitrogen and oxygen atoms in total. The van der Waals surface area contributed by atoms with Crippen LogP contribution in [0.1, 0.15) is 12.5 Å². The van der Waals surface area contributed by atoms with E-state index in [-0.39, 0.29) is 5.66 Å². The van der Waals surface area contributed by atoms with E-state index in [1.54, 1.807) is 0 Å². The standard InChI is InChI=1S/C10H14N2/c1-10(11)7-8-5-3-4-6-9(8)12(10)2/h3-6H,7,11H2,1-2H3. The monoisotopic (exact) mass is 162 g/mol. The first-order valence-corrected chi connectivity index (χ1v) is 4.22. The second-order valence-electron chi connectivity index (χ2n) is 3.72. The molecule has 0 aliphatic carbocycles. The second-order valence-corrected chi connectivity index (χ2v) is 3.72. The third-order valence-corrected chi connectivity index (χ3v) is 2.67. The third kappa shape index (κ3) is 0.916. The molecule has 0 aromatic heterocycles. The molecule has 0 fully saturated rings. The van der Waals surface area contributed by atoms with Crippen molar-refractivity contribution in [2.45, 2.75) is 19.0 Å². The first kappa shape index (κ1) is 7.62. The van der Waals surface area contributed by atoms with Crippen LogP contribution in [0.4, 0.5) is 5.69 Å². The predicted molar refractivity (Wildman–Crippen MR) is 51.1 cm³/mol. The number of rotatable bonds is 0. The van der Waals surface area contributed by atoms with Gasteiger partial charge in [-0.15, -0.1) is 0 Å². The van der Waals surface area contributed by atoms with Gasteiger partial charge in [0, 0.05) is 19.2 Å². The van der Waals surface area contributed by atoms with E-state index in [1.165, 1.54) is 11.3 Å². The summed E-state index contributed by atoms with van der Waals surface area (Å²) in [6, 6.07) is 8.38. The Labute approximate surface area is 73.0 Å². The van der Waals surface area contributed by atoms with Gasteiger partial charge in [0.2, 0.25) is 0 Å². The van der Waals surface area contributed by atoms with Crippen LogP contribution in [0.2, 0.25) is 0 Å². The van der Waals surface area contributed by atoms with E-state index in [0.29, 0.717) is 0 Å². The molecule has 1 aliphatic rings. The molecule has 2 rings (SSSR count). The van der Waals surface area contributed by atoms with Crippen LogP contribution in [0.15, 0.2) is 24.3 Å². The van der Waals surface area contributed by atoms with Gasteiger partial charge >= 0.3 is 0 Å². The maximum absolute atomic E-state index is 6.10. The molecule has 1 unspecified atom stereocenters. The molecule has 0 saturated heterocycles. The number of hydrogen-bond acceptors (Lipinski definition) is 2. The zero-order valence-corrected chi connectivity index (χ0v) is 7.54. The van der Waals surface area contributed by atoms with Gasteiger partial charge in [-0.1, -0.05) is 18.2 Å². The highest BCUT2D eigenvalue weighted by molar-refractivity contribution is 5.60. The Balaban J connectivity index is 2.49. The lowest BCUT2D eigenvalue weighted by Gasteiger charge is -2.29. The summed E-state index contributed by atoms with van der Waals surface area (Å²) >= 11 is 0. The van der Waals surface area contributed by atoms with Crippen LogP contribution in [0, 0.1) is 0 Å². The molecule has 1 aliphatic heterocycles. The molecule has 1 heterocycles. The summed E-state index contributed by atoms with van der Waals surface area (Å²) in [5.74, 6) is 0. The van der Waals surface area contributed by atoms with Crippen molar-refractivity contribution >= 4 is 5.69 Å². The summed E-state index contributed by atoms with van der Waals surface area (Å²) < 4.78 is 0. The van der Waals surface area contributed by atoms with E-state index >= 15 is 0 Å². The van der Waals surface area contributed by atoms with Gasteiger partial charge < -0.3 is 10.6 Å². The van der Waals surface area contributed by atoms with Crippen LogP contribution >= 0.6 is 0 Å². The quantitative estimate of drug-likeness (QED) is 0.624. The molecule has 1 aromatic rings. The minimum atomic E-state index is -0.205. The van der Waals surface area contributed by atoms with Crippen molar-refractivity contribution in [2.75, 3.05) is 11.9 Å². The van der Waals surface area contributed by atoms with E-state index in [0.717, 1.165) is 6.42 Å². The molecule has 0 bridgehead atoms. The van der Waals surface area contributed by atoms with E-state index in [2.05, 4.69) is 36.1 Å². The van der Waals surface area contributed by atoms with Crippen molar-refractivity contribution < 1.29 is 0 Å². The van der Waals surface area contributed by atoms with Crippen molar-refractivity contribution in [3.05, 3.63) is 29.8 Å². The first-order chi connectivity index (χ1) is 5.61. The maximum atomic E-state index is 6.10. The molecular formula is C10H14N2. The van der Waals surface area contributed by atoms with Gasteiger partial charge in [0.05, 0.1) is 5.66 Å². The van der Waals surface area contributed by atoms with Crippen LogP contribution in [0.3, 0.4) is 0 Å². The Morgan fingerprint density at radius 3 is 2.75 bits per heavy atom. The predicted octanol–water partition coefficient (Wildman–Crippen LogP) is 1.35. The van der Waals surface area contributed by atoms with Crippen LogP contribution in [-0.2, 0) is 6.42 Å². The van der Waals surface area contributed by atoms with Gasteiger partial charge in [0.25, 0.3) is 0 Å². The molecule has 1 atom stereocenters. The maximum Gasteiger partial charge on any atom is 0.0893 e. The van der Waals surface area contributed by atoms with E-state index in [4.69, 9.17) is 5.73 Å². The molecule has 1 aromatic carbocycles. The Kier molecular flexibility index (Phi) is 1.42. The van der Waals surface area contributed by atoms with Crippen molar-refractivity contribution in [1.82, 2.24) is 0 Å². The molecular weight excluding hydrogens is 148 g/mol. The van der Waals surface area contributed by atoms with Gasteiger partial charge in [0.1, 0.15) is 0 Å². The molecule has 0 amide bonds. The van der Waals surface area contributed by atoms with Gasteiger partial charge in [0.15, 0.2) is 0 Å². The van der Waals surface area contributed by atoms with Gasteiger partial charge in [-0.25, -0.2) is 0 Å². The third-order valence-electron chi connectivity index (χ3n) is 2.67. The van der Waals surface area contributed by atoms with Crippen molar-refractivity contribution in [3.8, 4) is 0 Å². The van der Waals surface area contributed by atoms with Gasteiger partial charge in [-0.3, -0.25) is 0 Å². The average Bonchev–Trinajstić information content (AvgIpc) is 2.24. The zero-order valence-electron chi connectivity index (χ0n) is 7.54. The highest BCUT2D eigenvalue weighted by atomic mass is 15.3. The topological polar surface area (TPSA) is 29.3 Å². The molecule has 0 saturated carbocycles. The number of fused-ring (bicyclic) bond motifs is 1. The summed E-state index contributed by atoms with van der Waals surface area (Å²) in [7, 11) is 2.05. The molecule has 12 heavy (non-hydrogen) atoms. The molecule has 2 N–H and O–H groups in total.